The summed E-state index contributed by atoms with van der Waals surface area (Å²) in [5.41, 5.74) is 1.18. The van der Waals surface area contributed by atoms with E-state index in [1.165, 1.54) is 5.69 Å². The largest absolute Gasteiger partial charge is 0.368 e. The van der Waals surface area contributed by atoms with Crippen LogP contribution in [0.4, 0.5) is 5.69 Å². The molecule has 1 N–H and O–H groups in total. The fourth-order valence-electron chi connectivity index (χ4n) is 3.25. The van der Waals surface area contributed by atoms with Crippen molar-refractivity contribution in [1.82, 2.24) is 10.2 Å². The van der Waals surface area contributed by atoms with Gasteiger partial charge in [0.25, 0.3) is 0 Å². The van der Waals surface area contributed by atoms with E-state index in [2.05, 4.69) is 33.5 Å². The van der Waals surface area contributed by atoms with Gasteiger partial charge in [-0.3, -0.25) is 4.90 Å². The molecular weight excluding hydrogens is 290 g/mol. The van der Waals surface area contributed by atoms with Gasteiger partial charge in [-0.05, 0) is 18.4 Å². The van der Waals surface area contributed by atoms with Gasteiger partial charge in [-0.1, -0.05) is 23.7 Å². The van der Waals surface area contributed by atoms with Crippen molar-refractivity contribution in [1.29, 1.82) is 0 Å². The number of hydrogen-bond donors (Lipinski definition) is 1. The molecule has 0 aliphatic carbocycles. The fraction of sp³-hybridized carbons (Fsp3) is 0.600. The Hall–Kier alpha value is -0.420. The maximum absolute atomic E-state index is 6.30. The number of benzene rings is 1. The van der Waals surface area contributed by atoms with E-state index in [1.54, 1.807) is 0 Å². The van der Waals surface area contributed by atoms with Crippen molar-refractivity contribution in [3.63, 3.8) is 0 Å². The average molecular weight is 312 g/mol. The molecular formula is C15H22ClN3S. The van der Waals surface area contributed by atoms with Crippen LogP contribution >= 0.6 is 23.4 Å². The lowest BCUT2D eigenvalue weighted by molar-refractivity contribution is 0.200. The third kappa shape index (κ3) is 2.93. The molecule has 2 heterocycles. The molecule has 110 valence electrons. The standard InChI is InChI=1S/C15H22ClN3S/c1-20-15-11-17-10-14(15)19-8-6-18(7-9-19)13-5-3-2-4-12(13)16/h2-5,14-15,17H,6-11H2,1H3. The minimum Gasteiger partial charge on any atom is -0.368 e. The van der Waals surface area contributed by atoms with Gasteiger partial charge >= 0.3 is 0 Å². The molecule has 1 aromatic carbocycles. The summed E-state index contributed by atoms with van der Waals surface area (Å²) in [6.07, 6.45) is 2.23. The number of anilines is 1. The van der Waals surface area contributed by atoms with Crippen molar-refractivity contribution < 1.29 is 0 Å². The number of hydrogen-bond acceptors (Lipinski definition) is 4. The Labute approximate surface area is 130 Å². The minimum absolute atomic E-state index is 0.693. The Kier molecular flexibility index (Phi) is 4.76. The predicted octanol–water partition coefficient (Wildman–Crippen LogP) is 2.17. The van der Waals surface area contributed by atoms with E-state index >= 15 is 0 Å². The van der Waals surface area contributed by atoms with Crippen molar-refractivity contribution in [2.24, 2.45) is 0 Å². The summed E-state index contributed by atoms with van der Waals surface area (Å²) in [6, 6.07) is 8.86. The molecule has 2 saturated heterocycles. The summed E-state index contributed by atoms with van der Waals surface area (Å²) < 4.78 is 0. The zero-order valence-electron chi connectivity index (χ0n) is 11.9. The van der Waals surface area contributed by atoms with Crippen LogP contribution in [-0.4, -0.2) is 61.7 Å². The molecule has 3 rings (SSSR count). The topological polar surface area (TPSA) is 18.5 Å². The monoisotopic (exact) mass is 311 g/mol. The highest BCUT2D eigenvalue weighted by atomic mass is 35.5. The Balaban J connectivity index is 1.61. The molecule has 2 aliphatic rings. The van der Waals surface area contributed by atoms with Crippen LogP contribution in [0.15, 0.2) is 24.3 Å². The molecule has 0 radical (unpaired) electrons. The van der Waals surface area contributed by atoms with Gasteiger partial charge in [0.05, 0.1) is 10.7 Å². The number of para-hydroxylation sites is 1. The third-order valence-electron chi connectivity index (χ3n) is 4.41. The average Bonchev–Trinajstić information content (AvgIpc) is 2.96. The Morgan fingerprint density at radius 2 is 1.90 bits per heavy atom. The van der Waals surface area contributed by atoms with Gasteiger partial charge in [-0.2, -0.15) is 11.8 Å². The highest BCUT2D eigenvalue weighted by Crippen LogP contribution is 2.27. The molecule has 0 amide bonds. The van der Waals surface area contributed by atoms with E-state index < -0.39 is 0 Å². The number of halogens is 1. The molecule has 3 nitrogen and oxygen atoms in total. The van der Waals surface area contributed by atoms with Crippen molar-refractivity contribution >= 4 is 29.1 Å². The number of nitrogens with zero attached hydrogens (tertiary/aromatic N) is 2. The third-order valence-corrected chi connectivity index (χ3v) is 5.81. The van der Waals surface area contributed by atoms with Gasteiger partial charge in [-0.25, -0.2) is 0 Å². The van der Waals surface area contributed by atoms with Crippen LogP contribution in [0.2, 0.25) is 5.02 Å². The molecule has 2 aliphatic heterocycles. The van der Waals surface area contributed by atoms with Gasteiger partial charge in [0.1, 0.15) is 0 Å². The lowest BCUT2D eigenvalue weighted by Crippen LogP contribution is -2.53. The SMILES string of the molecule is CSC1CNCC1N1CCN(c2ccccc2Cl)CC1. The summed E-state index contributed by atoms with van der Waals surface area (Å²) in [5, 5.41) is 5.13. The molecule has 5 heteroatoms. The molecule has 0 bridgehead atoms. The summed E-state index contributed by atoms with van der Waals surface area (Å²) in [6.45, 7) is 6.69. The first kappa shape index (κ1) is 14.5. The Morgan fingerprint density at radius 3 is 2.60 bits per heavy atom. The first-order valence-corrected chi connectivity index (χ1v) is 8.93. The Bertz CT molecular complexity index is 448. The van der Waals surface area contributed by atoms with E-state index in [0.29, 0.717) is 6.04 Å². The molecule has 0 spiro atoms. The smallest absolute Gasteiger partial charge is 0.0639 e. The number of piperazine rings is 1. The van der Waals surface area contributed by atoms with Crippen LogP contribution in [-0.2, 0) is 0 Å². The van der Waals surface area contributed by atoms with Crippen molar-refractivity contribution in [3.8, 4) is 0 Å². The maximum Gasteiger partial charge on any atom is 0.0639 e. The fourth-order valence-corrected chi connectivity index (χ4v) is 4.37. The number of nitrogens with one attached hydrogen (secondary N) is 1. The second-order valence-electron chi connectivity index (χ2n) is 5.47. The molecule has 0 aromatic heterocycles. The van der Waals surface area contributed by atoms with Crippen molar-refractivity contribution in [3.05, 3.63) is 29.3 Å². The van der Waals surface area contributed by atoms with E-state index in [4.69, 9.17) is 11.6 Å². The van der Waals surface area contributed by atoms with Crippen LogP contribution < -0.4 is 10.2 Å². The van der Waals surface area contributed by atoms with E-state index in [9.17, 15) is 0 Å². The maximum atomic E-state index is 6.30. The van der Waals surface area contributed by atoms with Crippen LogP contribution in [0.3, 0.4) is 0 Å². The highest BCUT2D eigenvalue weighted by molar-refractivity contribution is 7.99. The molecule has 20 heavy (non-hydrogen) atoms. The molecule has 2 atom stereocenters. The quantitative estimate of drug-likeness (QED) is 0.922. The normalized spacial score (nSPS) is 28.0. The first-order valence-electron chi connectivity index (χ1n) is 7.26. The zero-order valence-corrected chi connectivity index (χ0v) is 13.5. The van der Waals surface area contributed by atoms with E-state index in [-0.39, 0.29) is 0 Å². The molecule has 0 saturated carbocycles. The van der Waals surface area contributed by atoms with E-state index in [0.717, 1.165) is 49.5 Å². The molecule has 1 aromatic rings. The lowest BCUT2D eigenvalue weighted by Gasteiger charge is -2.40. The van der Waals surface area contributed by atoms with E-state index in [1.807, 2.05) is 23.9 Å². The molecule has 2 unspecified atom stereocenters. The van der Waals surface area contributed by atoms with Gasteiger partial charge in [0, 0.05) is 50.6 Å². The number of rotatable bonds is 3. The summed E-state index contributed by atoms with van der Waals surface area (Å²) in [5.74, 6) is 0. The minimum atomic E-state index is 0.693. The second-order valence-corrected chi connectivity index (χ2v) is 6.96. The second kappa shape index (κ2) is 6.56. The Morgan fingerprint density at radius 1 is 1.15 bits per heavy atom. The van der Waals surface area contributed by atoms with Crippen molar-refractivity contribution in [2.45, 2.75) is 11.3 Å². The number of thioether (sulfide) groups is 1. The lowest BCUT2D eigenvalue weighted by atomic mass is 10.1. The van der Waals surface area contributed by atoms with Crippen molar-refractivity contribution in [2.75, 3.05) is 50.4 Å². The molecule has 2 fully saturated rings. The van der Waals surface area contributed by atoms with Crippen LogP contribution in [0, 0.1) is 0 Å². The van der Waals surface area contributed by atoms with Crippen LogP contribution in [0.1, 0.15) is 0 Å². The van der Waals surface area contributed by atoms with Crippen LogP contribution in [0.25, 0.3) is 0 Å². The highest BCUT2D eigenvalue weighted by Gasteiger charge is 2.33. The van der Waals surface area contributed by atoms with Crippen LogP contribution in [0.5, 0.6) is 0 Å². The summed E-state index contributed by atoms with van der Waals surface area (Å²) in [7, 11) is 0. The first-order chi connectivity index (χ1) is 9.79. The van der Waals surface area contributed by atoms with Gasteiger partial charge in [0.15, 0.2) is 0 Å². The predicted molar refractivity (Wildman–Crippen MR) is 89.2 cm³/mol. The summed E-state index contributed by atoms with van der Waals surface area (Å²) >= 11 is 8.29. The van der Waals surface area contributed by atoms with Gasteiger partial charge in [-0.15, -0.1) is 0 Å². The van der Waals surface area contributed by atoms with Gasteiger partial charge < -0.3 is 10.2 Å². The zero-order chi connectivity index (χ0) is 13.9. The summed E-state index contributed by atoms with van der Waals surface area (Å²) in [4.78, 5) is 5.06. The van der Waals surface area contributed by atoms with Gasteiger partial charge in [0.2, 0.25) is 0 Å².